The standard InChI is InChI=1S/C19H22N2O3S/c1-24-19(23)17-8-7-16(25-17)18(22)20-15-9-11-21(12-10-15)13-14-5-3-2-4-6-14/h2-8,15H,9-13H2,1H3,(H,20,22). The first-order valence-corrected chi connectivity index (χ1v) is 9.22. The van der Waals surface area contributed by atoms with Crippen LogP contribution in [0.15, 0.2) is 42.5 Å². The Balaban J connectivity index is 1.47. The van der Waals surface area contributed by atoms with Crippen molar-refractivity contribution in [2.24, 2.45) is 0 Å². The molecule has 3 rings (SSSR count). The summed E-state index contributed by atoms with van der Waals surface area (Å²) in [5.41, 5.74) is 1.32. The molecule has 0 atom stereocenters. The number of hydrogen-bond acceptors (Lipinski definition) is 5. The van der Waals surface area contributed by atoms with E-state index in [0.29, 0.717) is 9.75 Å². The fourth-order valence-electron chi connectivity index (χ4n) is 3.00. The number of ether oxygens (including phenoxy) is 1. The number of carbonyl (C=O) groups excluding carboxylic acids is 2. The van der Waals surface area contributed by atoms with Gasteiger partial charge in [-0.1, -0.05) is 30.3 Å². The molecule has 132 valence electrons. The summed E-state index contributed by atoms with van der Waals surface area (Å²) in [7, 11) is 1.34. The number of hydrogen-bond donors (Lipinski definition) is 1. The number of carbonyl (C=O) groups is 2. The Bertz CT molecular complexity index is 721. The number of nitrogens with zero attached hydrogens (tertiary/aromatic N) is 1. The molecule has 1 N–H and O–H groups in total. The number of benzene rings is 1. The average Bonchev–Trinajstić information content (AvgIpc) is 3.14. The highest BCUT2D eigenvalue weighted by Crippen LogP contribution is 2.19. The molecule has 1 fully saturated rings. The normalized spacial score (nSPS) is 15.7. The van der Waals surface area contributed by atoms with Gasteiger partial charge in [-0.3, -0.25) is 9.69 Å². The summed E-state index contributed by atoms with van der Waals surface area (Å²) in [5, 5.41) is 3.08. The fourth-order valence-corrected chi connectivity index (χ4v) is 3.83. The topological polar surface area (TPSA) is 58.6 Å². The quantitative estimate of drug-likeness (QED) is 0.835. The van der Waals surface area contributed by atoms with Gasteiger partial charge in [0.1, 0.15) is 4.88 Å². The molecule has 1 amide bonds. The molecular formula is C19H22N2O3S. The van der Waals surface area contributed by atoms with Crippen molar-refractivity contribution in [3.05, 3.63) is 57.8 Å². The van der Waals surface area contributed by atoms with E-state index in [1.165, 1.54) is 24.0 Å². The van der Waals surface area contributed by atoms with Crippen LogP contribution < -0.4 is 5.32 Å². The minimum Gasteiger partial charge on any atom is -0.465 e. The van der Waals surface area contributed by atoms with Crippen LogP contribution in [0.5, 0.6) is 0 Å². The summed E-state index contributed by atoms with van der Waals surface area (Å²) in [6.07, 6.45) is 1.88. The van der Waals surface area contributed by atoms with Crippen molar-refractivity contribution < 1.29 is 14.3 Å². The highest BCUT2D eigenvalue weighted by Gasteiger charge is 2.22. The smallest absolute Gasteiger partial charge is 0.348 e. The maximum atomic E-state index is 12.3. The van der Waals surface area contributed by atoms with Gasteiger partial charge in [-0.15, -0.1) is 11.3 Å². The molecule has 0 unspecified atom stereocenters. The number of esters is 1. The Morgan fingerprint density at radius 3 is 2.48 bits per heavy atom. The summed E-state index contributed by atoms with van der Waals surface area (Å²) in [6.45, 7) is 2.89. The SMILES string of the molecule is COC(=O)c1ccc(C(=O)NC2CCN(Cc3ccccc3)CC2)s1. The lowest BCUT2D eigenvalue weighted by Crippen LogP contribution is -2.44. The van der Waals surface area contributed by atoms with Crippen molar-refractivity contribution in [2.75, 3.05) is 20.2 Å². The minimum atomic E-state index is -0.404. The summed E-state index contributed by atoms with van der Waals surface area (Å²) < 4.78 is 4.67. The van der Waals surface area contributed by atoms with Crippen molar-refractivity contribution in [1.29, 1.82) is 0 Å². The van der Waals surface area contributed by atoms with Crippen LogP contribution in [0.2, 0.25) is 0 Å². The van der Waals surface area contributed by atoms with Crippen LogP contribution in [0.25, 0.3) is 0 Å². The number of rotatable bonds is 5. The maximum absolute atomic E-state index is 12.3. The van der Waals surface area contributed by atoms with Gasteiger partial charge in [0, 0.05) is 25.7 Å². The molecule has 1 aromatic carbocycles. The van der Waals surface area contributed by atoms with Crippen LogP contribution in [-0.4, -0.2) is 43.0 Å². The van der Waals surface area contributed by atoms with Crippen LogP contribution in [0.4, 0.5) is 0 Å². The molecule has 6 heteroatoms. The predicted molar refractivity (Wildman–Crippen MR) is 97.9 cm³/mol. The number of piperidine rings is 1. The molecule has 2 heterocycles. The van der Waals surface area contributed by atoms with Gasteiger partial charge in [-0.2, -0.15) is 0 Å². The molecule has 0 bridgehead atoms. The number of nitrogens with one attached hydrogen (secondary N) is 1. The van der Waals surface area contributed by atoms with Crippen molar-refractivity contribution >= 4 is 23.2 Å². The summed E-state index contributed by atoms with van der Waals surface area (Å²) in [5.74, 6) is -0.514. The van der Waals surface area contributed by atoms with Gasteiger partial charge in [0.05, 0.1) is 12.0 Å². The van der Waals surface area contributed by atoms with E-state index in [0.717, 1.165) is 32.5 Å². The van der Waals surface area contributed by atoms with Crippen molar-refractivity contribution in [1.82, 2.24) is 10.2 Å². The molecule has 2 aromatic rings. The first kappa shape index (κ1) is 17.6. The van der Waals surface area contributed by atoms with Crippen LogP contribution in [0.1, 0.15) is 37.7 Å². The lowest BCUT2D eigenvalue weighted by Gasteiger charge is -2.32. The zero-order chi connectivity index (χ0) is 17.6. The first-order valence-electron chi connectivity index (χ1n) is 8.41. The number of likely N-dealkylation sites (tertiary alicyclic amines) is 1. The zero-order valence-electron chi connectivity index (χ0n) is 14.2. The largest absolute Gasteiger partial charge is 0.465 e. The van der Waals surface area contributed by atoms with Crippen molar-refractivity contribution in [3.8, 4) is 0 Å². The minimum absolute atomic E-state index is 0.110. The van der Waals surface area contributed by atoms with E-state index in [1.807, 2.05) is 6.07 Å². The van der Waals surface area contributed by atoms with Gasteiger partial charge >= 0.3 is 5.97 Å². The molecule has 1 aromatic heterocycles. The Morgan fingerprint density at radius 1 is 1.12 bits per heavy atom. The molecule has 1 aliphatic heterocycles. The Morgan fingerprint density at radius 2 is 1.80 bits per heavy atom. The molecular weight excluding hydrogens is 336 g/mol. The lowest BCUT2D eigenvalue weighted by atomic mass is 10.0. The first-order chi connectivity index (χ1) is 12.2. The number of thiophene rings is 1. The van der Waals surface area contributed by atoms with Crippen LogP contribution in [0.3, 0.4) is 0 Å². The van der Waals surface area contributed by atoms with E-state index in [1.54, 1.807) is 12.1 Å². The monoisotopic (exact) mass is 358 g/mol. The predicted octanol–water partition coefficient (Wildman–Crippen LogP) is 2.93. The molecule has 0 radical (unpaired) electrons. The highest BCUT2D eigenvalue weighted by molar-refractivity contribution is 7.15. The summed E-state index contributed by atoms with van der Waals surface area (Å²) >= 11 is 1.17. The van der Waals surface area contributed by atoms with Crippen LogP contribution in [-0.2, 0) is 11.3 Å². The van der Waals surface area contributed by atoms with Gasteiger partial charge < -0.3 is 10.1 Å². The molecule has 25 heavy (non-hydrogen) atoms. The van der Waals surface area contributed by atoms with Crippen LogP contribution >= 0.6 is 11.3 Å². The number of methoxy groups -OCH3 is 1. The van der Waals surface area contributed by atoms with Gasteiger partial charge in [-0.25, -0.2) is 4.79 Å². The number of amides is 1. The van der Waals surface area contributed by atoms with E-state index >= 15 is 0 Å². The van der Waals surface area contributed by atoms with E-state index in [9.17, 15) is 9.59 Å². The average molecular weight is 358 g/mol. The Labute approximate surface area is 151 Å². The van der Waals surface area contributed by atoms with E-state index in [2.05, 4.69) is 39.2 Å². The van der Waals surface area contributed by atoms with Crippen LogP contribution in [0, 0.1) is 0 Å². The second kappa shape index (κ2) is 8.27. The molecule has 0 saturated carbocycles. The van der Waals surface area contributed by atoms with Gasteiger partial charge in [-0.05, 0) is 30.5 Å². The molecule has 1 saturated heterocycles. The fraction of sp³-hybridized carbons (Fsp3) is 0.368. The summed E-state index contributed by atoms with van der Waals surface area (Å²) in [4.78, 5) is 27.2. The van der Waals surface area contributed by atoms with Gasteiger partial charge in [0.25, 0.3) is 5.91 Å². The van der Waals surface area contributed by atoms with Crippen molar-refractivity contribution in [2.45, 2.75) is 25.4 Å². The summed E-state index contributed by atoms with van der Waals surface area (Å²) in [6, 6.07) is 13.9. The van der Waals surface area contributed by atoms with E-state index in [4.69, 9.17) is 0 Å². The van der Waals surface area contributed by atoms with Crippen molar-refractivity contribution in [3.63, 3.8) is 0 Å². The van der Waals surface area contributed by atoms with Gasteiger partial charge in [0.15, 0.2) is 0 Å². The maximum Gasteiger partial charge on any atom is 0.348 e. The van der Waals surface area contributed by atoms with E-state index in [-0.39, 0.29) is 11.9 Å². The Hall–Kier alpha value is -2.18. The Kier molecular flexibility index (Phi) is 5.83. The third-order valence-electron chi connectivity index (χ3n) is 4.39. The zero-order valence-corrected chi connectivity index (χ0v) is 15.1. The second-order valence-electron chi connectivity index (χ2n) is 6.16. The van der Waals surface area contributed by atoms with Gasteiger partial charge in [0.2, 0.25) is 0 Å². The third kappa shape index (κ3) is 4.67. The highest BCUT2D eigenvalue weighted by atomic mass is 32.1. The second-order valence-corrected chi connectivity index (χ2v) is 7.25. The lowest BCUT2D eigenvalue weighted by molar-refractivity contribution is 0.0606. The molecule has 0 aliphatic carbocycles. The third-order valence-corrected chi connectivity index (χ3v) is 5.45. The molecule has 1 aliphatic rings. The molecule has 0 spiro atoms. The molecule has 5 nitrogen and oxygen atoms in total. The van der Waals surface area contributed by atoms with E-state index < -0.39 is 5.97 Å².